The van der Waals surface area contributed by atoms with Gasteiger partial charge in [0, 0.05) is 12.1 Å². The molecule has 1 aromatic rings. The zero-order chi connectivity index (χ0) is 13.5. The molecule has 0 radical (unpaired) electrons. The Morgan fingerprint density at radius 2 is 2.28 bits per heavy atom. The van der Waals surface area contributed by atoms with Crippen molar-refractivity contribution in [2.75, 3.05) is 13.7 Å². The number of nitriles is 1. The molecule has 0 aliphatic heterocycles. The number of ether oxygens (including phenoxy) is 1. The van der Waals surface area contributed by atoms with E-state index in [9.17, 15) is 9.59 Å². The zero-order valence-electron chi connectivity index (χ0n) is 9.64. The number of hydrogen-bond donors (Lipinski definition) is 1. The molecule has 94 valence electrons. The minimum atomic E-state index is -0.435. The normalized spacial score (nSPS) is 11.2. The Labute approximate surface area is 118 Å². The van der Waals surface area contributed by atoms with Crippen molar-refractivity contribution in [3.8, 4) is 6.07 Å². The summed E-state index contributed by atoms with van der Waals surface area (Å²) in [5.74, 6) is -0.709. The lowest BCUT2D eigenvalue weighted by molar-refractivity contribution is -0.139. The van der Waals surface area contributed by atoms with Crippen LogP contribution in [0.2, 0.25) is 0 Å². The molecule has 5 nitrogen and oxygen atoms in total. The van der Waals surface area contributed by atoms with Gasteiger partial charge in [0.25, 0.3) is 5.91 Å². The molecule has 1 atom stereocenters. The van der Waals surface area contributed by atoms with E-state index in [4.69, 9.17) is 5.26 Å². The lowest BCUT2D eigenvalue weighted by Gasteiger charge is -2.09. The number of halogens is 1. The van der Waals surface area contributed by atoms with E-state index in [0.717, 1.165) is 0 Å². The third kappa shape index (κ3) is 4.00. The molecule has 0 bridgehead atoms. The summed E-state index contributed by atoms with van der Waals surface area (Å²) in [6, 6.07) is 8.31. The molecule has 1 unspecified atom stereocenters. The van der Waals surface area contributed by atoms with E-state index in [-0.39, 0.29) is 18.4 Å². The molecule has 0 aliphatic rings. The number of rotatable bonds is 4. The van der Waals surface area contributed by atoms with Gasteiger partial charge in [-0.05, 0) is 18.2 Å². The topological polar surface area (TPSA) is 79.2 Å². The summed E-state index contributed by atoms with van der Waals surface area (Å²) < 4.78 is 4.11. The Morgan fingerprint density at radius 3 is 2.89 bits per heavy atom. The Kier molecular flexibility index (Phi) is 5.58. The number of carbonyl (C=O) groups excluding carboxylic acids is 2. The van der Waals surface area contributed by atoms with E-state index in [1.165, 1.54) is 13.2 Å². The zero-order valence-corrected chi connectivity index (χ0v) is 11.8. The molecule has 6 heteroatoms. The van der Waals surface area contributed by atoms with Gasteiger partial charge in [0.05, 0.1) is 18.7 Å². The van der Waals surface area contributed by atoms with Gasteiger partial charge in [0.15, 0.2) is 0 Å². The first-order valence-electron chi connectivity index (χ1n) is 5.08. The molecule has 1 aromatic carbocycles. The monoisotopic (exact) mass is 358 g/mol. The van der Waals surface area contributed by atoms with Crippen molar-refractivity contribution in [2.45, 2.75) is 3.92 Å². The van der Waals surface area contributed by atoms with Crippen molar-refractivity contribution in [1.29, 1.82) is 5.26 Å². The standard InChI is InChI=1S/C12H11IN2O3/c1-18-12(17)10(13)7-15-11(16)9-4-2-3-8(5-9)6-14/h2-5,10H,7H2,1H3,(H,15,16). The van der Waals surface area contributed by atoms with Crippen LogP contribution in [0.15, 0.2) is 24.3 Å². The van der Waals surface area contributed by atoms with E-state index in [1.54, 1.807) is 18.2 Å². The summed E-state index contributed by atoms with van der Waals surface area (Å²) in [4.78, 5) is 22.9. The predicted molar refractivity (Wildman–Crippen MR) is 73.3 cm³/mol. The third-order valence-electron chi connectivity index (χ3n) is 2.15. The molecule has 18 heavy (non-hydrogen) atoms. The fourth-order valence-corrected chi connectivity index (χ4v) is 1.70. The molecule has 1 amide bonds. The molecule has 0 saturated carbocycles. The van der Waals surface area contributed by atoms with E-state index >= 15 is 0 Å². The highest BCUT2D eigenvalue weighted by Gasteiger charge is 2.16. The van der Waals surface area contributed by atoms with Crippen LogP contribution in [0.5, 0.6) is 0 Å². The first kappa shape index (κ1) is 14.4. The Hall–Kier alpha value is -1.62. The van der Waals surface area contributed by atoms with Gasteiger partial charge >= 0.3 is 5.97 Å². The van der Waals surface area contributed by atoms with Crippen LogP contribution in [0.25, 0.3) is 0 Å². The fourth-order valence-electron chi connectivity index (χ4n) is 1.23. The van der Waals surface area contributed by atoms with E-state index < -0.39 is 3.92 Å². The molecule has 0 fully saturated rings. The van der Waals surface area contributed by atoms with E-state index in [1.807, 2.05) is 28.7 Å². The molecular formula is C12H11IN2O3. The second kappa shape index (κ2) is 6.96. The van der Waals surface area contributed by atoms with Crippen molar-refractivity contribution >= 4 is 34.5 Å². The van der Waals surface area contributed by atoms with Crippen molar-refractivity contribution < 1.29 is 14.3 Å². The van der Waals surface area contributed by atoms with Gasteiger partial charge < -0.3 is 10.1 Å². The number of hydrogen-bond acceptors (Lipinski definition) is 4. The summed E-state index contributed by atoms with van der Waals surface area (Å²) >= 11 is 1.89. The quantitative estimate of drug-likeness (QED) is 0.499. The van der Waals surface area contributed by atoms with Gasteiger partial charge in [0.2, 0.25) is 0 Å². The number of esters is 1. The summed E-state index contributed by atoms with van der Waals surface area (Å²) in [6.07, 6.45) is 0. The molecule has 1 rings (SSSR count). The number of nitrogens with zero attached hydrogens (tertiary/aromatic N) is 1. The van der Waals surface area contributed by atoms with E-state index in [2.05, 4.69) is 10.1 Å². The maximum atomic E-state index is 11.8. The number of benzene rings is 1. The predicted octanol–water partition coefficient (Wildman–Crippen LogP) is 1.26. The van der Waals surface area contributed by atoms with Gasteiger partial charge in [-0.2, -0.15) is 5.26 Å². The van der Waals surface area contributed by atoms with E-state index in [0.29, 0.717) is 11.1 Å². The largest absolute Gasteiger partial charge is 0.468 e. The average molecular weight is 358 g/mol. The number of methoxy groups -OCH3 is 1. The lowest BCUT2D eigenvalue weighted by atomic mass is 10.1. The van der Waals surface area contributed by atoms with Crippen LogP contribution in [0.4, 0.5) is 0 Å². The minimum absolute atomic E-state index is 0.183. The molecule has 0 aliphatic carbocycles. The summed E-state index contributed by atoms with van der Waals surface area (Å²) in [7, 11) is 1.30. The molecule has 0 spiro atoms. The van der Waals surface area contributed by atoms with Crippen molar-refractivity contribution in [3.63, 3.8) is 0 Å². The highest BCUT2D eigenvalue weighted by Crippen LogP contribution is 2.05. The molecule has 0 saturated heterocycles. The maximum Gasteiger partial charge on any atom is 0.320 e. The summed E-state index contributed by atoms with van der Waals surface area (Å²) in [5, 5.41) is 11.3. The third-order valence-corrected chi connectivity index (χ3v) is 3.10. The maximum absolute atomic E-state index is 11.8. The lowest BCUT2D eigenvalue weighted by Crippen LogP contribution is -2.33. The molecular weight excluding hydrogens is 347 g/mol. The van der Waals surface area contributed by atoms with Crippen LogP contribution in [-0.4, -0.2) is 29.5 Å². The number of amides is 1. The number of alkyl halides is 1. The van der Waals surface area contributed by atoms with Crippen LogP contribution in [0, 0.1) is 11.3 Å². The second-order valence-corrected chi connectivity index (χ2v) is 4.90. The first-order chi connectivity index (χ1) is 8.58. The first-order valence-corrected chi connectivity index (χ1v) is 6.33. The SMILES string of the molecule is COC(=O)C(I)CNC(=O)c1cccc(C#N)c1. The Morgan fingerprint density at radius 1 is 1.56 bits per heavy atom. The Balaban J connectivity index is 2.61. The van der Waals surface area contributed by atoms with Crippen LogP contribution < -0.4 is 5.32 Å². The van der Waals surface area contributed by atoms with Crippen LogP contribution >= 0.6 is 22.6 Å². The van der Waals surface area contributed by atoms with Gasteiger partial charge in [-0.3, -0.25) is 9.59 Å². The Bertz CT molecular complexity index is 496. The van der Waals surface area contributed by atoms with Crippen molar-refractivity contribution in [1.82, 2.24) is 5.32 Å². The average Bonchev–Trinajstić information content (AvgIpc) is 2.43. The summed E-state index contributed by atoms with van der Waals surface area (Å²) in [5.41, 5.74) is 0.809. The highest BCUT2D eigenvalue weighted by atomic mass is 127. The highest BCUT2D eigenvalue weighted by molar-refractivity contribution is 14.1. The number of nitrogens with one attached hydrogen (secondary N) is 1. The van der Waals surface area contributed by atoms with Crippen molar-refractivity contribution in [2.24, 2.45) is 0 Å². The van der Waals surface area contributed by atoms with Crippen molar-refractivity contribution in [3.05, 3.63) is 35.4 Å². The smallest absolute Gasteiger partial charge is 0.320 e. The van der Waals surface area contributed by atoms with Crippen LogP contribution in [0.3, 0.4) is 0 Å². The van der Waals surface area contributed by atoms with Crippen LogP contribution in [0.1, 0.15) is 15.9 Å². The van der Waals surface area contributed by atoms with Gasteiger partial charge in [-0.1, -0.05) is 28.7 Å². The fraction of sp³-hybridized carbons (Fsp3) is 0.250. The minimum Gasteiger partial charge on any atom is -0.468 e. The summed E-state index contributed by atoms with van der Waals surface area (Å²) in [6.45, 7) is 0.183. The van der Waals surface area contributed by atoms with Gasteiger partial charge in [-0.25, -0.2) is 0 Å². The molecule has 0 heterocycles. The molecule has 0 aromatic heterocycles. The van der Waals surface area contributed by atoms with Gasteiger partial charge in [0.1, 0.15) is 3.92 Å². The molecule has 1 N–H and O–H groups in total. The van der Waals surface area contributed by atoms with Crippen LogP contribution in [-0.2, 0) is 9.53 Å². The second-order valence-electron chi connectivity index (χ2n) is 3.39. The van der Waals surface area contributed by atoms with Gasteiger partial charge in [-0.15, -0.1) is 0 Å². The number of carbonyl (C=O) groups is 2.